The molecule has 6 heteroatoms. The van der Waals surface area contributed by atoms with E-state index in [0.717, 1.165) is 18.4 Å². The van der Waals surface area contributed by atoms with Crippen molar-refractivity contribution in [3.63, 3.8) is 0 Å². The van der Waals surface area contributed by atoms with Crippen molar-refractivity contribution in [1.29, 1.82) is 0 Å². The number of amides is 2. The minimum atomic E-state index is -0.351. The molecule has 2 unspecified atom stereocenters. The number of imide groups is 1. The Balaban J connectivity index is 1.88. The Morgan fingerprint density at radius 3 is 2.61 bits per heavy atom. The van der Waals surface area contributed by atoms with Gasteiger partial charge in [-0.2, -0.15) is 0 Å². The molecule has 1 fully saturated rings. The van der Waals surface area contributed by atoms with Gasteiger partial charge in [-0.25, -0.2) is 0 Å². The van der Waals surface area contributed by atoms with Crippen molar-refractivity contribution in [1.82, 2.24) is 4.90 Å². The Labute approximate surface area is 140 Å². The van der Waals surface area contributed by atoms with E-state index in [0.29, 0.717) is 25.1 Å². The molecule has 0 aromatic heterocycles. The van der Waals surface area contributed by atoms with Gasteiger partial charge in [0.25, 0.3) is 0 Å². The van der Waals surface area contributed by atoms with E-state index >= 15 is 0 Å². The highest BCUT2D eigenvalue weighted by Gasteiger charge is 2.39. The molecule has 0 bridgehead atoms. The maximum absolute atomic E-state index is 12.4. The number of carbonyl (C=O) groups excluding carboxylic acids is 4. The van der Waals surface area contributed by atoms with Gasteiger partial charge in [-0.1, -0.05) is 11.6 Å². The van der Waals surface area contributed by atoms with E-state index in [1.165, 1.54) is 23.6 Å². The molecule has 0 N–H and O–H groups in total. The van der Waals surface area contributed by atoms with E-state index in [1.54, 1.807) is 6.92 Å². The second kappa shape index (κ2) is 7.90. The zero-order valence-corrected chi connectivity index (χ0v) is 14.5. The third-order valence-corrected chi connectivity index (χ3v) is 5.63. The lowest BCUT2D eigenvalue weighted by molar-refractivity contribution is -0.137. The summed E-state index contributed by atoms with van der Waals surface area (Å²) in [6.07, 6.45) is 4.94. The van der Waals surface area contributed by atoms with Crippen LogP contribution in [0.15, 0.2) is 11.6 Å². The minimum absolute atomic E-state index is 0.0821. The number of ketones is 2. The minimum Gasteiger partial charge on any atom is -0.300 e. The number of allylic oxidation sites excluding steroid dienone is 1. The number of nitrogens with zero attached hydrogens (tertiary/aromatic N) is 1. The predicted molar refractivity (Wildman–Crippen MR) is 89.0 cm³/mol. The lowest BCUT2D eigenvalue weighted by Gasteiger charge is -2.23. The third-order valence-electron chi connectivity index (χ3n) is 4.42. The van der Waals surface area contributed by atoms with E-state index in [-0.39, 0.29) is 41.0 Å². The Bertz CT molecular complexity index is 555. The molecule has 2 rings (SSSR count). The molecule has 2 amide bonds. The summed E-state index contributed by atoms with van der Waals surface area (Å²) in [6.45, 7) is 3.49. The molecule has 23 heavy (non-hydrogen) atoms. The van der Waals surface area contributed by atoms with Crippen LogP contribution in [-0.2, 0) is 19.2 Å². The van der Waals surface area contributed by atoms with Crippen LogP contribution in [-0.4, -0.2) is 45.8 Å². The summed E-state index contributed by atoms with van der Waals surface area (Å²) >= 11 is 1.40. The summed E-state index contributed by atoms with van der Waals surface area (Å²) in [5.41, 5.74) is 1.07. The SMILES string of the molecule is CC(=O)CCSC1CC(=O)N(CC2=CCC(C(C)=O)CC2)C1=O. The number of likely N-dealkylation sites (tertiary alicyclic amines) is 1. The van der Waals surface area contributed by atoms with Crippen LogP contribution in [0.3, 0.4) is 0 Å². The van der Waals surface area contributed by atoms with Crippen LogP contribution in [0.2, 0.25) is 0 Å². The summed E-state index contributed by atoms with van der Waals surface area (Å²) in [5, 5.41) is -0.351. The highest BCUT2D eigenvalue weighted by atomic mass is 32.2. The van der Waals surface area contributed by atoms with Gasteiger partial charge >= 0.3 is 0 Å². The summed E-state index contributed by atoms with van der Waals surface area (Å²) in [7, 11) is 0. The molecule has 1 heterocycles. The van der Waals surface area contributed by atoms with Crippen molar-refractivity contribution in [2.45, 2.75) is 51.2 Å². The van der Waals surface area contributed by atoms with Crippen molar-refractivity contribution in [3.8, 4) is 0 Å². The van der Waals surface area contributed by atoms with Gasteiger partial charge in [0, 0.05) is 31.1 Å². The second-order valence-corrected chi connectivity index (χ2v) is 7.59. The number of hydrogen-bond acceptors (Lipinski definition) is 5. The molecule has 5 nitrogen and oxygen atoms in total. The van der Waals surface area contributed by atoms with Gasteiger partial charge in [-0.15, -0.1) is 11.8 Å². The summed E-state index contributed by atoms with van der Waals surface area (Å²) in [4.78, 5) is 48.1. The molecule has 2 aliphatic rings. The Kier molecular flexibility index (Phi) is 6.16. The molecular formula is C17H23NO4S. The highest BCUT2D eigenvalue weighted by molar-refractivity contribution is 8.00. The fraction of sp³-hybridized carbons (Fsp3) is 0.647. The van der Waals surface area contributed by atoms with E-state index < -0.39 is 0 Å². The first-order valence-corrected chi connectivity index (χ1v) is 9.07. The second-order valence-electron chi connectivity index (χ2n) is 6.28. The van der Waals surface area contributed by atoms with Gasteiger partial charge in [-0.3, -0.25) is 24.1 Å². The van der Waals surface area contributed by atoms with E-state index in [2.05, 4.69) is 0 Å². The normalized spacial score (nSPS) is 24.8. The molecular weight excluding hydrogens is 314 g/mol. The van der Waals surface area contributed by atoms with Crippen molar-refractivity contribution in [2.75, 3.05) is 12.3 Å². The number of rotatable bonds is 7. The first-order valence-electron chi connectivity index (χ1n) is 8.02. The zero-order chi connectivity index (χ0) is 17.0. The Morgan fingerprint density at radius 1 is 1.30 bits per heavy atom. The quantitative estimate of drug-likeness (QED) is 0.526. The van der Waals surface area contributed by atoms with Crippen LogP contribution in [0, 0.1) is 5.92 Å². The Hall–Kier alpha value is -1.43. The van der Waals surface area contributed by atoms with Crippen LogP contribution in [0.4, 0.5) is 0 Å². The van der Waals surface area contributed by atoms with Gasteiger partial charge in [0.05, 0.1) is 5.25 Å². The van der Waals surface area contributed by atoms with Gasteiger partial charge in [0.2, 0.25) is 11.8 Å². The maximum Gasteiger partial charge on any atom is 0.243 e. The van der Waals surface area contributed by atoms with Crippen molar-refractivity contribution >= 4 is 35.1 Å². The smallest absolute Gasteiger partial charge is 0.243 e. The average molecular weight is 337 g/mol. The Morgan fingerprint density at radius 2 is 2.04 bits per heavy atom. The topological polar surface area (TPSA) is 71.5 Å². The van der Waals surface area contributed by atoms with Crippen molar-refractivity contribution in [3.05, 3.63) is 11.6 Å². The molecule has 0 radical (unpaired) electrons. The molecule has 0 aromatic rings. The number of carbonyl (C=O) groups is 4. The molecule has 0 aromatic carbocycles. The van der Waals surface area contributed by atoms with Crippen molar-refractivity contribution in [2.24, 2.45) is 5.92 Å². The predicted octanol–water partition coefficient (Wildman–Crippen LogP) is 2.14. The number of hydrogen-bond donors (Lipinski definition) is 0. The first-order chi connectivity index (χ1) is 10.9. The molecule has 2 atom stereocenters. The van der Waals surface area contributed by atoms with E-state index in [4.69, 9.17) is 0 Å². The van der Waals surface area contributed by atoms with Gasteiger partial charge < -0.3 is 0 Å². The number of Topliss-reactive ketones (excluding diaryl/α,β-unsaturated/α-hetero) is 2. The van der Waals surface area contributed by atoms with Crippen LogP contribution in [0.25, 0.3) is 0 Å². The fourth-order valence-electron chi connectivity index (χ4n) is 2.90. The molecule has 0 saturated carbocycles. The monoisotopic (exact) mass is 337 g/mol. The van der Waals surface area contributed by atoms with Crippen LogP contribution in [0.5, 0.6) is 0 Å². The molecule has 126 valence electrons. The van der Waals surface area contributed by atoms with Gasteiger partial charge in [-0.05, 0) is 33.1 Å². The molecule has 1 saturated heterocycles. The highest BCUT2D eigenvalue weighted by Crippen LogP contribution is 2.29. The lowest BCUT2D eigenvalue weighted by Crippen LogP contribution is -2.34. The number of thioether (sulfide) groups is 1. The lowest BCUT2D eigenvalue weighted by atomic mass is 9.87. The van der Waals surface area contributed by atoms with Gasteiger partial charge in [0.1, 0.15) is 11.6 Å². The van der Waals surface area contributed by atoms with Gasteiger partial charge in [0.15, 0.2) is 0 Å². The van der Waals surface area contributed by atoms with Crippen molar-refractivity contribution < 1.29 is 19.2 Å². The first kappa shape index (κ1) is 17.9. The van der Waals surface area contributed by atoms with E-state index in [1.807, 2.05) is 6.08 Å². The van der Waals surface area contributed by atoms with Crippen LogP contribution in [0.1, 0.15) is 46.0 Å². The molecule has 0 spiro atoms. The fourth-order valence-corrected chi connectivity index (χ4v) is 4.12. The zero-order valence-electron chi connectivity index (χ0n) is 13.7. The molecule has 1 aliphatic heterocycles. The van der Waals surface area contributed by atoms with E-state index in [9.17, 15) is 19.2 Å². The molecule has 1 aliphatic carbocycles. The van der Waals surface area contributed by atoms with Crippen LogP contribution < -0.4 is 0 Å². The summed E-state index contributed by atoms with van der Waals surface area (Å²) < 4.78 is 0. The third kappa shape index (κ3) is 4.77. The summed E-state index contributed by atoms with van der Waals surface area (Å²) in [5.74, 6) is 0.686. The average Bonchev–Trinajstić information content (AvgIpc) is 2.75. The largest absolute Gasteiger partial charge is 0.300 e. The maximum atomic E-state index is 12.4. The standard InChI is InChI=1S/C17H23NO4S/c1-11(19)7-8-23-15-9-16(21)18(17(15)22)10-13-3-5-14(6-4-13)12(2)20/h3,14-15H,4-10H2,1-2H3. The summed E-state index contributed by atoms with van der Waals surface area (Å²) in [6, 6.07) is 0. The van der Waals surface area contributed by atoms with Crippen LogP contribution >= 0.6 is 11.8 Å².